The lowest BCUT2D eigenvalue weighted by atomic mass is 10.2. The molecule has 0 saturated carbocycles. The van der Waals surface area contributed by atoms with Crippen LogP contribution in [-0.2, 0) is 0 Å². The molecule has 2 N–H and O–H groups in total. The maximum atomic E-state index is 9.71. The first-order valence-electron chi connectivity index (χ1n) is 4.36. The first-order chi connectivity index (χ1) is 7.18. The molecule has 4 heteroatoms. The van der Waals surface area contributed by atoms with Crippen molar-refractivity contribution in [3.8, 4) is 17.2 Å². The number of halogens is 1. The zero-order valence-electron chi connectivity index (χ0n) is 7.76. The van der Waals surface area contributed by atoms with E-state index >= 15 is 0 Å². The van der Waals surface area contributed by atoms with Crippen LogP contribution < -0.4 is 4.57 Å². The zero-order chi connectivity index (χ0) is 10.8. The molecule has 0 bridgehead atoms. The second-order valence-corrected chi connectivity index (χ2v) is 3.93. The number of rotatable bonds is 1. The van der Waals surface area contributed by atoms with E-state index in [4.69, 9.17) is 0 Å². The standard InChI is InChI=1S/C11H8BrNO2/c12-8-6-11(15)9(7-10(8)14)13-4-2-1-3-5-13/h1-7H,(H-,14,15)/p+1. The molecular weight excluding hydrogens is 258 g/mol. The Labute approximate surface area is 95.4 Å². The van der Waals surface area contributed by atoms with Crippen LogP contribution in [0.15, 0.2) is 47.2 Å². The molecule has 0 radical (unpaired) electrons. The van der Waals surface area contributed by atoms with Gasteiger partial charge in [-0.1, -0.05) is 6.07 Å². The van der Waals surface area contributed by atoms with Crippen LogP contribution in [0.1, 0.15) is 0 Å². The number of aromatic nitrogens is 1. The van der Waals surface area contributed by atoms with Crippen molar-refractivity contribution >= 4 is 15.9 Å². The van der Waals surface area contributed by atoms with Crippen LogP contribution in [-0.4, -0.2) is 10.2 Å². The molecular formula is C11H9BrNO2+. The Morgan fingerprint density at radius 1 is 0.933 bits per heavy atom. The molecule has 0 atom stereocenters. The van der Waals surface area contributed by atoms with Crippen molar-refractivity contribution in [2.45, 2.75) is 0 Å². The van der Waals surface area contributed by atoms with Crippen LogP contribution in [0.2, 0.25) is 0 Å². The predicted octanol–water partition coefficient (Wildman–Crippen LogP) is 2.14. The molecule has 0 aliphatic carbocycles. The molecule has 3 nitrogen and oxygen atoms in total. The summed E-state index contributed by atoms with van der Waals surface area (Å²) in [4.78, 5) is 0. The molecule has 15 heavy (non-hydrogen) atoms. The molecule has 0 amide bonds. The minimum absolute atomic E-state index is 0.0964. The van der Waals surface area contributed by atoms with Gasteiger partial charge in [0.25, 0.3) is 5.69 Å². The molecule has 2 aromatic rings. The number of nitrogens with zero attached hydrogens (tertiary/aromatic N) is 1. The molecule has 1 heterocycles. The van der Waals surface area contributed by atoms with Crippen LogP contribution in [0.4, 0.5) is 0 Å². The first-order valence-corrected chi connectivity index (χ1v) is 5.16. The molecule has 0 unspecified atom stereocenters. The fourth-order valence-corrected chi connectivity index (χ4v) is 1.64. The van der Waals surface area contributed by atoms with Gasteiger partial charge in [0.1, 0.15) is 5.75 Å². The van der Waals surface area contributed by atoms with Crippen LogP contribution in [0, 0.1) is 0 Å². The number of aromatic hydroxyl groups is 2. The van der Waals surface area contributed by atoms with Crippen LogP contribution in [0.3, 0.4) is 0 Å². The second kappa shape index (κ2) is 3.90. The highest BCUT2D eigenvalue weighted by atomic mass is 79.9. The van der Waals surface area contributed by atoms with Gasteiger partial charge in [0.15, 0.2) is 18.1 Å². The van der Waals surface area contributed by atoms with E-state index in [1.165, 1.54) is 12.1 Å². The van der Waals surface area contributed by atoms with Crippen molar-refractivity contribution in [1.29, 1.82) is 0 Å². The van der Waals surface area contributed by atoms with Crippen LogP contribution in [0.25, 0.3) is 5.69 Å². The summed E-state index contributed by atoms with van der Waals surface area (Å²) in [5.41, 5.74) is 0.538. The summed E-state index contributed by atoms with van der Waals surface area (Å²) in [5, 5.41) is 19.2. The third-order valence-corrected chi connectivity index (χ3v) is 2.67. The normalized spacial score (nSPS) is 10.2. The Balaban J connectivity index is 2.59. The summed E-state index contributed by atoms with van der Waals surface area (Å²) in [6.07, 6.45) is 3.59. The molecule has 2 rings (SSSR count). The van der Waals surface area contributed by atoms with Gasteiger partial charge < -0.3 is 10.2 Å². The number of hydrogen-bond donors (Lipinski definition) is 2. The molecule has 76 valence electrons. The van der Waals surface area contributed by atoms with Gasteiger partial charge in [-0.05, 0) is 15.9 Å². The lowest BCUT2D eigenvalue weighted by Crippen LogP contribution is -2.28. The summed E-state index contributed by atoms with van der Waals surface area (Å²) in [6.45, 7) is 0. The molecule has 1 aromatic heterocycles. The third kappa shape index (κ3) is 1.94. The maximum Gasteiger partial charge on any atom is 0.256 e. The van der Waals surface area contributed by atoms with Crippen LogP contribution >= 0.6 is 15.9 Å². The monoisotopic (exact) mass is 266 g/mol. The lowest BCUT2D eigenvalue weighted by Gasteiger charge is -2.01. The van der Waals surface area contributed by atoms with Crippen molar-refractivity contribution in [2.75, 3.05) is 0 Å². The molecule has 0 aliphatic heterocycles. The Morgan fingerprint density at radius 2 is 1.60 bits per heavy atom. The minimum atomic E-state index is 0.0964. The maximum absolute atomic E-state index is 9.71. The highest BCUT2D eigenvalue weighted by molar-refractivity contribution is 9.10. The number of phenols is 2. The van der Waals surface area contributed by atoms with Gasteiger partial charge in [0, 0.05) is 18.2 Å². The summed E-state index contributed by atoms with van der Waals surface area (Å²) < 4.78 is 2.20. The van der Waals surface area contributed by atoms with Crippen LogP contribution in [0.5, 0.6) is 11.5 Å². The van der Waals surface area contributed by atoms with Crippen molar-refractivity contribution in [1.82, 2.24) is 0 Å². The van der Waals surface area contributed by atoms with E-state index in [1.807, 2.05) is 18.2 Å². The van der Waals surface area contributed by atoms with E-state index in [0.29, 0.717) is 10.2 Å². The number of phenolic OH excluding ortho intramolecular Hbond substituents is 2. The molecule has 0 saturated heterocycles. The highest BCUT2D eigenvalue weighted by Crippen LogP contribution is 2.31. The molecule has 1 aromatic carbocycles. The van der Waals surface area contributed by atoms with Crippen molar-refractivity contribution in [3.05, 3.63) is 47.2 Å². The molecule has 0 aliphatic rings. The third-order valence-electron chi connectivity index (χ3n) is 2.04. The smallest absolute Gasteiger partial charge is 0.256 e. The van der Waals surface area contributed by atoms with Gasteiger partial charge in [-0.15, -0.1) is 0 Å². The Kier molecular flexibility index (Phi) is 2.60. The highest BCUT2D eigenvalue weighted by Gasteiger charge is 2.14. The summed E-state index contributed by atoms with van der Waals surface area (Å²) in [5.74, 6) is 0.204. The van der Waals surface area contributed by atoms with Gasteiger partial charge in [-0.3, -0.25) is 0 Å². The number of hydrogen-bond acceptors (Lipinski definition) is 2. The van der Waals surface area contributed by atoms with Gasteiger partial charge >= 0.3 is 0 Å². The van der Waals surface area contributed by atoms with Gasteiger partial charge in [-0.2, -0.15) is 4.57 Å². The van der Waals surface area contributed by atoms with Crippen molar-refractivity contribution < 1.29 is 14.8 Å². The fraction of sp³-hybridized carbons (Fsp3) is 0. The Hall–Kier alpha value is -1.55. The summed E-state index contributed by atoms with van der Waals surface area (Å²) >= 11 is 3.13. The second-order valence-electron chi connectivity index (χ2n) is 3.08. The average Bonchev–Trinajstić information content (AvgIpc) is 2.25. The number of pyridine rings is 1. The van der Waals surface area contributed by atoms with E-state index in [-0.39, 0.29) is 11.5 Å². The van der Waals surface area contributed by atoms with E-state index < -0.39 is 0 Å². The Bertz CT molecular complexity index is 485. The molecule has 0 fully saturated rings. The SMILES string of the molecule is Oc1cc(-[n+]2ccccc2)c(O)cc1Br. The summed E-state index contributed by atoms with van der Waals surface area (Å²) in [6, 6.07) is 8.54. The predicted molar refractivity (Wildman–Crippen MR) is 59.0 cm³/mol. The minimum Gasteiger partial charge on any atom is -0.507 e. The number of benzene rings is 1. The van der Waals surface area contributed by atoms with Gasteiger partial charge in [-0.25, -0.2) is 0 Å². The van der Waals surface area contributed by atoms with E-state index in [9.17, 15) is 10.2 Å². The van der Waals surface area contributed by atoms with Crippen molar-refractivity contribution in [2.24, 2.45) is 0 Å². The quantitative estimate of drug-likeness (QED) is 0.614. The Morgan fingerprint density at radius 3 is 2.27 bits per heavy atom. The largest absolute Gasteiger partial charge is 0.507 e. The lowest BCUT2D eigenvalue weighted by molar-refractivity contribution is -0.596. The first kappa shape index (κ1) is 9.98. The summed E-state index contributed by atoms with van der Waals surface area (Å²) in [7, 11) is 0. The zero-order valence-corrected chi connectivity index (χ0v) is 9.35. The molecule has 0 spiro atoms. The van der Waals surface area contributed by atoms with E-state index in [0.717, 1.165) is 0 Å². The van der Waals surface area contributed by atoms with Gasteiger partial charge in [0.05, 0.1) is 10.5 Å². The van der Waals surface area contributed by atoms with Gasteiger partial charge in [0.2, 0.25) is 0 Å². The average molecular weight is 267 g/mol. The fourth-order valence-electron chi connectivity index (χ4n) is 1.31. The van der Waals surface area contributed by atoms with Crippen molar-refractivity contribution in [3.63, 3.8) is 0 Å². The topological polar surface area (TPSA) is 44.3 Å². The van der Waals surface area contributed by atoms with E-state index in [2.05, 4.69) is 15.9 Å². The van der Waals surface area contributed by atoms with E-state index in [1.54, 1.807) is 17.0 Å².